The highest BCUT2D eigenvalue weighted by Crippen LogP contribution is 2.36. The van der Waals surface area contributed by atoms with Gasteiger partial charge < -0.3 is 16.0 Å². The van der Waals surface area contributed by atoms with Crippen molar-refractivity contribution in [2.75, 3.05) is 23.3 Å². The van der Waals surface area contributed by atoms with E-state index in [1.807, 2.05) is 11.0 Å². The van der Waals surface area contributed by atoms with Crippen LogP contribution in [0.2, 0.25) is 0 Å². The van der Waals surface area contributed by atoms with Crippen molar-refractivity contribution in [1.29, 1.82) is 0 Å². The number of carbonyl (C=O) groups is 2. The molecular formula is C26H26F3N3O2. The van der Waals surface area contributed by atoms with E-state index in [0.717, 1.165) is 44.5 Å². The maximum Gasteiger partial charge on any atom is 0.416 e. The van der Waals surface area contributed by atoms with Crippen LogP contribution in [0.25, 0.3) is 0 Å². The highest BCUT2D eigenvalue weighted by atomic mass is 19.4. The molecule has 178 valence electrons. The van der Waals surface area contributed by atoms with E-state index >= 15 is 0 Å². The van der Waals surface area contributed by atoms with Crippen LogP contribution in [0, 0.1) is 0 Å². The number of alkyl halides is 3. The van der Waals surface area contributed by atoms with E-state index in [1.54, 1.807) is 54.6 Å². The summed E-state index contributed by atoms with van der Waals surface area (Å²) in [5.74, 6) is -0.797. The third-order valence-corrected chi connectivity index (χ3v) is 5.36. The maximum absolute atomic E-state index is 13.1. The average Bonchev–Trinajstić information content (AvgIpc) is 2.85. The van der Waals surface area contributed by atoms with Crippen molar-refractivity contribution in [1.82, 2.24) is 0 Å². The van der Waals surface area contributed by atoms with Gasteiger partial charge in [-0.25, -0.2) is 0 Å². The molecule has 0 bridgehead atoms. The molecule has 0 atom stereocenters. The first kappa shape index (κ1) is 24.8. The molecule has 1 aliphatic heterocycles. The van der Waals surface area contributed by atoms with Gasteiger partial charge in [0.2, 0.25) is 5.91 Å². The second-order valence-electron chi connectivity index (χ2n) is 7.83. The number of piperidine rings is 1. The molecule has 4 rings (SSSR count). The van der Waals surface area contributed by atoms with Crippen molar-refractivity contribution in [3.63, 3.8) is 0 Å². The summed E-state index contributed by atoms with van der Waals surface area (Å²) in [4.78, 5) is 24.9. The van der Waals surface area contributed by atoms with Gasteiger partial charge in [-0.3, -0.25) is 9.59 Å². The van der Waals surface area contributed by atoms with Gasteiger partial charge in [0.15, 0.2) is 0 Å². The molecular weight excluding hydrogens is 443 g/mol. The van der Waals surface area contributed by atoms with E-state index in [9.17, 15) is 22.8 Å². The summed E-state index contributed by atoms with van der Waals surface area (Å²) in [7, 11) is 0. The summed E-state index contributed by atoms with van der Waals surface area (Å²) in [5.41, 5.74) is 6.00. The topological polar surface area (TPSA) is 75.4 Å². The fraction of sp³-hybridized carbons (Fsp3) is 0.231. The molecule has 1 fully saturated rings. The number of rotatable bonds is 4. The largest absolute Gasteiger partial charge is 0.416 e. The molecule has 0 unspecified atom stereocenters. The standard InChI is InChI=1S/C19H19F3N2O.C7H7NO/c20-19(21,22)15-9-10-17(24-11-5-2-6-12-24)16(13-15)23-18(25)14-7-3-1-4-8-14;8-7(9)6-4-2-1-3-5-6/h1,3-4,7-10,13H,2,5-6,11-12H2,(H,23,25);1-5H,(H2,8,9). The molecule has 5 nitrogen and oxygen atoms in total. The zero-order chi connectivity index (χ0) is 24.6. The molecule has 3 N–H and O–H groups in total. The first-order chi connectivity index (χ1) is 16.3. The van der Waals surface area contributed by atoms with Gasteiger partial charge in [0, 0.05) is 24.2 Å². The maximum atomic E-state index is 13.1. The van der Waals surface area contributed by atoms with Crippen molar-refractivity contribution < 1.29 is 22.8 Å². The number of anilines is 2. The lowest BCUT2D eigenvalue weighted by molar-refractivity contribution is -0.137. The molecule has 3 aromatic rings. The SMILES string of the molecule is NC(=O)c1ccccc1.O=C(Nc1cc(C(F)(F)F)ccc1N1CCCCC1)c1ccccc1. The Bertz CT molecular complexity index is 1100. The van der Waals surface area contributed by atoms with E-state index < -0.39 is 17.6 Å². The molecule has 2 amide bonds. The second kappa shape index (κ2) is 11.4. The molecule has 3 aromatic carbocycles. The highest BCUT2D eigenvalue weighted by molar-refractivity contribution is 6.06. The van der Waals surface area contributed by atoms with Crippen LogP contribution in [0.4, 0.5) is 24.5 Å². The van der Waals surface area contributed by atoms with Gasteiger partial charge in [0.25, 0.3) is 5.91 Å². The summed E-state index contributed by atoms with van der Waals surface area (Å²) in [6.07, 6.45) is -1.35. The van der Waals surface area contributed by atoms with Crippen molar-refractivity contribution >= 4 is 23.2 Å². The quantitative estimate of drug-likeness (QED) is 0.512. The highest BCUT2D eigenvalue weighted by Gasteiger charge is 2.32. The zero-order valence-corrected chi connectivity index (χ0v) is 18.5. The molecule has 1 saturated heterocycles. The smallest absolute Gasteiger partial charge is 0.370 e. The van der Waals surface area contributed by atoms with Gasteiger partial charge in [0.1, 0.15) is 0 Å². The lowest BCUT2D eigenvalue weighted by Gasteiger charge is -2.31. The minimum atomic E-state index is -4.45. The number of nitrogens with one attached hydrogen (secondary N) is 1. The number of nitrogens with two attached hydrogens (primary N) is 1. The summed E-state index contributed by atoms with van der Waals surface area (Å²) in [5, 5.41) is 2.66. The van der Waals surface area contributed by atoms with Crippen molar-refractivity contribution in [3.05, 3.63) is 95.6 Å². The number of primary amides is 1. The fourth-order valence-corrected chi connectivity index (χ4v) is 3.61. The summed E-state index contributed by atoms with van der Waals surface area (Å²) in [6, 6.07) is 20.8. The van der Waals surface area contributed by atoms with Gasteiger partial charge >= 0.3 is 6.18 Å². The van der Waals surface area contributed by atoms with Crippen molar-refractivity contribution in [3.8, 4) is 0 Å². The van der Waals surface area contributed by atoms with Crippen LogP contribution in [0.3, 0.4) is 0 Å². The Kier molecular flexibility index (Phi) is 8.29. The molecule has 1 aliphatic rings. The Balaban J connectivity index is 0.000000302. The predicted molar refractivity (Wildman–Crippen MR) is 127 cm³/mol. The van der Waals surface area contributed by atoms with Crippen LogP contribution >= 0.6 is 0 Å². The monoisotopic (exact) mass is 469 g/mol. The van der Waals surface area contributed by atoms with Gasteiger partial charge in [-0.2, -0.15) is 13.2 Å². The molecule has 34 heavy (non-hydrogen) atoms. The molecule has 0 saturated carbocycles. The molecule has 0 aliphatic carbocycles. The van der Waals surface area contributed by atoms with E-state index in [1.165, 1.54) is 6.07 Å². The van der Waals surface area contributed by atoms with Crippen LogP contribution in [0.15, 0.2) is 78.9 Å². The molecule has 1 heterocycles. The van der Waals surface area contributed by atoms with Gasteiger partial charge in [0.05, 0.1) is 16.9 Å². The van der Waals surface area contributed by atoms with Crippen LogP contribution in [0.5, 0.6) is 0 Å². The molecule has 0 radical (unpaired) electrons. The molecule has 0 aromatic heterocycles. The Hall–Kier alpha value is -3.81. The van der Waals surface area contributed by atoms with Crippen LogP contribution in [-0.2, 0) is 6.18 Å². The first-order valence-corrected chi connectivity index (χ1v) is 10.9. The lowest BCUT2D eigenvalue weighted by atomic mass is 10.1. The van der Waals surface area contributed by atoms with Crippen molar-refractivity contribution in [2.24, 2.45) is 5.73 Å². The van der Waals surface area contributed by atoms with E-state index in [4.69, 9.17) is 5.73 Å². The third kappa shape index (κ3) is 6.84. The fourth-order valence-electron chi connectivity index (χ4n) is 3.61. The minimum Gasteiger partial charge on any atom is -0.370 e. The Labute approximate surface area is 196 Å². The average molecular weight is 470 g/mol. The number of carbonyl (C=O) groups excluding carboxylic acids is 2. The minimum absolute atomic E-state index is 0.200. The summed E-state index contributed by atoms with van der Waals surface area (Å²) >= 11 is 0. The number of halogens is 3. The van der Waals surface area contributed by atoms with Crippen LogP contribution in [0.1, 0.15) is 45.5 Å². The normalized spacial score (nSPS) is 13.4. The molecule has 0 spiro atoms. The number of benzene rings is 3. The molecule has 8 heteroatoms. The van der Waals surface area contributed by atoms with Gasteiger partial charge in [-0.15, -0.1) is 0 Å². The van der Waals surface area contributed by atoms with E-state index in [0.29, 0.717) is 16.8 Å². The first-order valence-electron chi connectivity index (χ1n) is 10.9. The second-order valence-corrected chi connectivity index (χ2v) is 7.83. The van der Waals surface area contributed by atoms with Crippen molar-refractivity contribution in [2.45, 2.75) is 25.4 Å². The van der Waals surface area contributed by atoms with Gasteiger partial charge in [-0.1, -0.05) is 36.4 Å². The third-order valence-electron chi connectivity index (χ3n) is 5.36. The Morgan fingerprint density at radius 1 is 0.794 bits per heavy atom. The number of nitrogens with zero attached hydrogens (tertiary/aromatic N) is 1. The summed E-state index contributed by atoms with van der Waals surface area (Å²) in [6.45, 7) is 1.55. The van der Waals surface area contributed by atoms with Crippen LogP contribution < -0.4 is 16.0 Å². The van der Waals surface area contributed by atoms with E-state index in [2.05, 4.69) is 5.32 Å². The summed E-state index contributed by atoms with van der Waals surface area (Å²) < 4.78 is 39.2. The van der Waals surface area contributed by atoms with Crippen LogP contribution in [-0.4, -0.2) is 24.9 Å². The number of amides is 2. The van der Waals surface area contributed by atoms with Gasteiger partial charge in [-0.05, 0) is 61.7 Å². The zero-order valence-electron chi connectivity index (χ0n) is 18.5. The lowest BCUT2D eigenvalue weighted by Crippen LogP contribution is -2.30. The Morgan fingerprint density at radius 2 is 1.35 bits per heavy atom. The number of hydrogen-bond donors (Lipinski definition) is 2. The van der Waals surface area contributed by atoms with E-state index in [-0.39, 0.29) is 11.6 Å². The Morgan fingerprint density at radius 3 is 1.85 bits per heavy atom. The predicted octanol–water partition coefficient (Wildman–Crippen LogP) is 5.73. The number of hydrogen-bond acceptors (Lipinski definition) is 3.